The van der Waals surface area contributed by atoms with E-state index in [2.05, 4.69) is 14.9 Å². The molecule has 1 N–H and O–H groups in total. The van der Waals surface area contributed by atoms with Crippen molar-refractivity contribution in [1.29, 1.82) is 0 Å². The van der Waals surface area contributed by atoms with Gasteiger partial charge in [0, 0.05) is 31.5 Å². The molecule has 0 radical (unpaired) electrons. The van der Waals surface area contributed by atoms with E-state index >= 15 is 0 Å². The number of aromatic amines is 1. The number of hydrogen-bond acceptors (Lipinski definition) is 3. The normalized spacial score (nSPS) is 15.5. The highest BCUT2D eigenvalue weighted by Crippen LogP contribution is 2.21. The second-order valence-corrected chi connectivity index (χ2v) is 7.18. The van der Waals surface area contributed by atoms with Gasteiger partial charge in [-0.25, -0.2) is 9.37 Å². The van der Waals surface area contributed by atoms with Crippen molar-refractivity contribution in [3.63, 3.8) is 0 Å². The Morgan fingerprint density at radius 1 is 1.35 bits per heavy atom. The Morgan fingerprint density at radius 2 is 2.13 bits per heavy atom. The molecule has 23 heavy (non-hydrogen) atoms. The van der Waals surface area contributed by atoms with Gasteiger partial charge in [0.15, 0.2) is 0 Å². The minimum Gasteiger partial charge on any atom is -0.310 e. The average molecular weight is 315 g/mol. The van der Waals surface area contributed by atoms with Crippen LogP contribution >= 0.6 is 0 Å². The third-order valence-electron chi connectivity index (χ3n) is 4.15. The monoisotopic (exact) mass is 315 g/mol. The Balaban J connectivity index is 1.83. The zero-order chi connectivity index (χ0) is 16.6. The molecule has 2 aromatic rings. The SMILES string of the molecule is CC(C)(C)c1nc2c(c(=O)[nH]1)CN(Cc1cccc(F)c1)CC2. The van der Waals surface area contributed by atoms with Crippen molar-refractivity contribution in [2.75, 3.05) is 6.54 Å². The number of rotatable bonds is 2. The summed E-state index contributed by atoms with van der Waals surface area (Å²) in [6.45, 7) is 8.13. The average Bonchev–Trinajstić information content (AvgIpc) is 2.47. The Labute approximate surface area is 135 Å². The summed E-state index contributed by atoms with van der Waals surface area (Å²) in [6.07, 6.45) is 0.748. The highest BCUT2D eigenvalue weighted by atomic mass is 19.1. The smallest absolute Gasteiger partial charge is 0.255 e. The van der Waals surface area contributed by atoms with Crippen molar-refractivity contribution in [2.45, 2.75) is 45.7 Å². The fraction of sp³-hybridized carbons (Fsp3) is 0.444. The number of hydrogen-bond donors (Lipinski definition) is 1. The predicted octanol–water partition coefficient (Wildman–Crippen LogP) is 2.76. The van der Waals surface area contributed by atoms with E-state index in [4.69, 9.17) is 0 Å². The van der Waals surface area contributed by atoms with E-state index in [1.54, 1.807) is 12.1 Å². The number of halogens is 1. The molecule has 0 amide bonds. The van der Waals surface area contributed by atoms with Crippen LogP contribution in [0.3, 0.4) is 0 Å². The highest BCUT2D eigenvalue weighted by molar-refractivity contribution is 5.23. The van der Waals surface area contributed by atoms with E-state index in [9.17, 15) is 9.18 Å². The second kappa shape index (κ2) is 5.89. The van der Waals surface area contributed by atoms with Crippen LogP contribution in [0.15, 0.2) is 29.1 Å². The Bertz CT molecular complexity index is 777. The summed E-state index contributed by atoms with van der Waals surface area (Å²) in [6, 6.07) is 6.61. The van der Waals surface area contributed by atoms with Gasteiger partial charge in [0.2, 0.25) is 0 Å². The quantitative estimate of drug-likeness (QED) is 0.927. The molecule has 1 aliphatic heterocycles. The summed E-state index contributed by atoms with van der Waals surface area (Å²) >= 11 is 0. The van der Waals surface area contributed by atoms with Crippen molar-refractivity contribution in [1.82, 2.24) is 14.9 Å². The van der Waals surface area contributed by atoms with E-state index < -0.39 is 0 Å². The molecule has 4 nitrogen and oxygen atoms in total. The molecular weight excluding hydrogens is 293 g/mol. The maximum Gasteiger partial charge on any atom is 0.255 e. The van der Waals surface area contributed by atoms with E-state index in [1.165, 1.54) is 6.07 Å². The van der Waals surface area contributed by atoms with E-state index in [0.29, 0.717) is 13.1 Å². The zero-order valence-corrected chi connectivity index (χ0v) is 13.8. The maximum atomic E-state index is 13.3. The molecule has 2 heterocycles. The maximum absolute atomic E-state index is 13.3. The molecule has 1 aliphatic rings. The van der Waals surface area contributed by atoms with Gasteiger partial charge >= 0.3 is 0 Å². The molecule has 0 spiro atoms. The van der Waals surface area contributed by atoms with Gasteiger partial charge in [-0.15, -0.1) is 0 Å². The molecule has 122 valence electrons. The van der Waals surface area contributed by atoms with Crippen LogP contribution in [0.25, 0.3) is 0 Å². The minimum atomic E-state index is -0.228. The number of nitrogens with zero attached hydrogens (tertiary/aromatic N) is 2. The van der Waals surface area contributed by atoms with E-state index in [1.807, 2.05) is 26.8 Å². The van der Waals surface area contributed by atoms with Crippen LogP contribution in [0, 0.1) is 5.82 Å². The minimum absolute atomic E-state index is 0.0520. The van der Waals surface area contributed by atoms with Gasteiger partial charge < -0.3 is 4.98 Å². The van der Waals surface area contributed by atoms with E-state index in [0.717, 1.165) is 35.6 Å². The first-order valence-corrected chi connectivity index (χ1v) is 7.92. The first-order valence-electron chi connectivity index (χ1n) is 7.92. The molecule has 1 aromatic heterocycles. The third kappa shape index (κ3) is 3.50. The molecule has 3 rings (SSSR count). The molecule has 5 heteroatoms. The lowest BCUT2D eigenvalue weighted by Gasteiger charge is -2.29. The highest BCUT2D eigenvalue weighted by Gasteiger charge is 2.24. The summed E-state index contributed by atoms with van der Waals surface area (Å²) in [7, 11) is 0. The first-order chi connectivity index (χ1) is 10.8. The van der Waals surface area contributed by atoms with Gasteiger partial charge in [-0.3, -0.25) is 9.69 Å². The van der Waals surface area contributed by atoms with Crippen LogP contribution in [0.2, 0.25) is 0 Å². The summed E-state index contributed by atoms with van der Waals surface area (Å²) in [5.41, 5.74) is 2.33. The molecule has 0 atom stereocenters. The molecule has 1 aromatic carbocycles. The van der Waals surface area contributed by atoms with Crippen LogP contribution in [-0.2, 0) is 24.9 Å². The van der Waals surface area contributed by atoms with Crippen molar-refractivity contribution >= 4 is 0 Å². The summed E-state index contributed by atoms with van der Waals surface area (Å²) in [5.74, 6) is 0.508. The van der Waals surface area contributed by atoms with Crippen molar-refractivity contribution in [2.24, 2.45) is 0 Å². The van der Waals surface area contributed by atoms with Crippen LogP contribution < -0.4 is 5.56 Å². The Kier molecular flexibility index (Phi) is 4.06. The zero-order valence-electron chi connectivity index (χ0n) is 13.8. The van der Waals surface area contributed by atoms with Crippen molar-refractivity contribution in [3.05, 3.63) is 63.1 Å². The van der Waals surface area contributed by atoms with Crippen molar-refractivity contribution < 1.29 is 4.39 Å². The van der Waals surface area contributed by atoms with Crippen LogP contribution in [-0.4, -0.2) is 21.4 Å². The largest absolute Gasteiger partial charge is 0.310 e. The third-order valence-corrected chi connectivity index (χ3v) is 4.15. The lowest BCUT2D eigenvalue weighted by atomic mass is 9.95. The lowest BCUT2D eigenvalue weighted by molar-refractivity contribution is 0.240. The number of fused-ring (bicyclic) bond motifs is 1. The van der Waals surface area contributed by atoms with Gasteiger partial charge in [0.25, 0.3) is 5.56 Å². The predicted molar refractivity (Wildman–Crippen MR) is 87.8 cm³/mol. The Morgan fingerprint density at radius 3 is 2.83 bits per heavy atom. The van der Waals surface area contributed by atoms with Gasteiger partial charge in [-0.2, -0.15) is 0 Å². The standard InChI is InChI=1S/C18H22FN3O/c1-18(2,3)17-20-15-7-8-22(11-14(15)16(23)21-17)10-12-5-4-6-13(19)9-12/h4-6,9H,7-8,10-11H2,1-3H3,(H,20,21,23). The number of benzene rings is 1. The molecule has 0 bridgehead atoms. The fourth-order valence-corrected chi connectivity index (χ4v) is 2.86. The molecule has 0 aliphatic carbocycles. The summed E-state index contributed by atoms with van der Waals surface area (Å²) in [4.78, 5) is 22.1. The van der Waals surface area contributed by atoms with Crippen molar-refractivity contribution in [3.8, 4) is 0 Å². The van der Waals surface area contributed by atoms with Gasteiger partial charge in [-0.1, -0.05) is 32.9 Å². The van der Waals surface area contributed by atoms with Gasteiger partial charge in [0.05, 0.1) is 11.3 Å². The van der Waals surface area contributed by atoms with Crippen LogP contribution in [0.5, 0.6) is 0 Å². The Hall–Kier alpha value is -2.01. The molecular formula is C18H22FN3O. The second-order valence-electron chi connectivity index (χ2n) is 7.18. The molecule has 0 unspecified atom stereocenters. The molecule has 0 saturated heterocycles. The molecule has 0 saturated carbocycles. The summed E-state index contributed by atoms with van der Waals surface area (Å²) < 4.78 is 13.3. The number of nitrogens with one attached hydrogen (secondary N) is 1. The van der Waals surface area contributed by atoms with E-state index in [-0.39, 0.29) is 16.8 Å². The summed E-state index contributed by atoms with van der Waals surface area (Å²) in [5, 5.41) is 0. The van der Waals surface area contributed by atoms with Gasteiger partial charge in [0.1, 0.15) is 11.6 Å². The number of H-pyrrole nitrogens is 1. The fourth-order valence-electron chi connectivity index (χ4n) is 2.86. The first kappa shape index (κ1) is 15.9. The van der Waals surface area contributed by atoms with Gasteiger partial charge in [-0.05, 0) is 17.7 Å². The topological polar surface area (TPSA) is 49.0 Å². The number of aromatic nitrogens is 2. The lowest BCUT2D eigenvalue weighted by Crippen LogP contribution is -2.37. The van der Waals surface area contributed by atoms with Crippen LogP contribution in [0.1, 0.15) is 43.4 Å². The van der Waals surface area contributed by atoms with Crippen LogP contribution in [0.4, 0.5) is 4.39 Å². The molecule has 0 fully saturated rings.